The second-order valence-corrected chi connectivity index (χ2v) is 9.19. The molecule has 0 unspecified atom stereocenters. The number of carboxylic acid groups (broad SMARTS) is 1. The molecule has 148 valence electrons. The molecule has 0 atom stereocenters. The average molecular weight is 466 g/mol. The van der Waals surface area contributed by atoms with E-state index in [1.807, 2.05) is 0 Å². The van der Waals surface area contributed by atoms with Crippen molar-refractivity contribution in [3.05, 3.63) is 58.1 Å². The minimum Gasteiger partial charge on any atom is -0.545 e. The van der Waals surface area contributed by atoms with Crippen molar-refractivity contribution < 1.29 is 23.1 Å². The molecule has 0 bridgehead atoms. The lowest BCUT2D eigenvalue weighted by Crippen LogP contribution is -2.35. The fourth-order valence-electron chi connectivity index (χ4n) is 3.01. The zero-order valence-electron chi connectivity index (χ0n) is 14.9. The SMILES string of the molecule is O=C([O-])c1cccc(NC(=O)c2ccc(Br)c(S(=O)(=O)N3CCCCC3)c2)c1. The number of carbonyl (C=O) groups excluding carboxylic acids is 2. The van der Waals surface area contributed by atoms with Crippen LogP contribution >= 0.6 is 15.9 Å². The van der Waals surface area contributed by atoms with Gasteiger partial charge in [-0.3, -0.25) is 4.79 Å². The Balaban J connectivity index is 1.87. The number of halogens is 1. The Bertz CT molecular complexity index is 1020. The van der Waals surface area contributed by atoms with E-state index in [-0.39, 0.29) is 21.7 Å². The van der Waals surface area contributed by atoms with Crippen LogP contribution in [0.3, 0.4) is 0 Å². The van der Waals surface area contributed by atoms with Gasteiger partial charge in [-0.25, -0.2) is 8.42 Å². The molecule has 2 aromatic carbocycles. The fourth-order valence-corrected chi connectivity index (χ4v) is 5.48. The number of benzene rings is 2. The molecule has 1 N–H and O–H groups in total. The summed E-state index contributed by atoms with van der Waals surface area (Å²) in [5, 5.41) is 13.5. The van der Waals surface area contributed by atoms with E-state index in [2.05, 4.69) is 21.2 Å². The summed E-state index contributed by atoms with van der Waals surface area (Å²) in [5.41, 5.74) is 0.356. The summed E-state index contributed by atoms with van der Waals surface area (Å²) >= 11 is 3.26. The number of amides is 1. The van der Waals surface area contributed by atoms with Crippen molar-refractivity contribution in [2.45, 2.75) is 24.2 Å². The molecule has 9 heteroatoms. The van der Waals surface area contributed by atoms with Gasteiger partial charge in [0.1, 0.15) is 0 Å². The van der Waals surface area contributed by atoms with E-state index in [0.29, 0.717) is 17.6 Å². The number of aromatic carboxylic acids is 1. The number of nitrogens with one attached hydrogen (secondary N) is 1. The number of sulfonamides is 1. The van der Waals surface area contributed by atoms with Gasteiger partial charge in [0.2, 0.25) is 10.0 Å². The lowest BCUT2D eigenvalue weighted by atomic mass is 10.1. The van der Waals surface area contributed by atoms with Crippen LogP contribution in [-0.4, -0.2) is 37.7 Å². The van der Waals surface area contributed by atoms with Crippen molar-refractivity contribution in [3.63, 3.8) is 0 Å². The first kappa shape index (κ1) is 20.5. The Morgan fingerprint density at radius 3 is 2.39 bits per heavy atom. The maximum Gasteiger partial charge on any atom is 0.255 e. The zero-order chi connectivity index (χ0) is 20.3. The third kappa shape index (κ3) is 4.43. The van der Waals surface area contributed by atoms with Gasteiger partial charge in [-0.1, -0.05) is 18.6 Å². The molecule has 0 radical (unpaired) electrons. The Morgan fingerprint density at radius 2 is 1.71 bits per heavy atom. The van der Waals surface area contributed by atoms with Gasteiger partial charge in [0.15, 0.2) is 0 Å². The largest absolute Gasteiger partial charge is 0.545 e. The Morgan fingerprint density at radius 1 is 1.00 bits per heavy atom. The number of hydrogen-bond acceptors (Lipinski definition) is 5. The van der Waals surface area contributed by atoms with Crippen LogP contribution in [0.2, 0.25) is 0 Å². The molecule has 0 saturated carbocycles. The first-order valence-electron chi connectivity index (χ1n) is 8.71. The van der Waals surface area contributed by atoms with E-state index in [4.69, 9.17) is 0 Å². The molecule has 0 spiro atoms. The van der Waals surface area contributed by atoms with Crippen molar-refractivity contribution >= 4 is 43.5 Å². The standard InChI is InChI=1S/C19H19BrN2O5S/c20-16-8-7-13(12-17(16)28(26,27)22-9-2-1-3-10-22)18(23)21-15-6-4-5-14(11-15)19(24)25/h4-8,11-12H,1-3,9-10H2,(H,21,23)(H,24,25)/p-1. The summed E-state index contributed by atoms with van der Waals surface area (Å²) in [6, 6.07) is 9.99. The van der Waals surface area contributed by atoms with E-state index in [1.165, 1.54) is 46.8 Å². The van der Waals surface area contributed by atoms with E-state index in [9.17, 15) is 23.1 Å². The van der Waals surface area contributed by atoms with Crippen molar-refractivity contribution in [1.82, 2.24) is 4.31 Å². The molecule has 1 fully saturated rings. The number of carbonyl (C=O) groups is 2. The normalized spacial score (nSPS) is 15.2. The van der Waals surface area contributed by atoms with Crippen LogP contribution < -0.4 is 10.4 Å². The lowest BCUT2D eigenvalue weighted by Gasteiger charge is -2.26. The zero-order valence-corrected chi connectivity index (χ0v) is 17.3. The highest BCUT2D eigenvalue weighted by atomic mass is 79.9. The molecule has 2 aromatic rings. The Labute approximate surface area is 171 Å². The van der Waals surface area contributed by atoms with Gasteiger partial charge < -0.3 is 15.2 Å². The summed E-state index contributed by atoms with van der Waals surface area (Å²) in [6.07, 6.45) is 2.62. The van der Waals surface area contributed by atoms with Crippen LogP contribution in [0.25, 0.3) is 0 Å². The summed E-state index contributed by atoms with van der Waals surface area (Å²) in [4.78, 5) is 23.5. The number of rotatable bonds is 5. The summed E-state index contributed by atoms with van der Waals surface area (Å²) in [5.74, 6) is -1.90. The molecule has 1 amide bonds. The molecular formula is C19H18BrN2O5S-. The van der Waals surface area contributed by atoms with Crippen LogP contribution in [0.5, 0.6) is 0 Å². The molecule has 1 saturated heterocycles. The molecule has 1 heterocycles. The lowest BCUT2D eigenvalue weighted by molar-refractivity contribution is -0.255. The molecule has 0 aliphatic carbocycles. The van der Waals surface area contributed by atoms with Crippen molar-refractivity contribution in [1.29, 1.82) is 0 Å². The predicted octanol–water partition coefficient (Wildman–Crippen LogP) is 2.24. The third-order valence-corrected chi connectivity index (χ3v) is 7.37. The van der Waals surface area contributed by atoms with Gasteiger partial charge in [-0.05, 0) is 64.7 Å². The summed E-state index contributed by atoms with van der Waals surface area (Å²) in [6.45, 7) is 0.919. The van der Waals surface area contributed by atoms with Crippen LogP contribution in [0.4, 0.5) is 5.69 Å². The molecular weight excluding hydrogens is 448 g/mol. The number of hydrogen-bond donors (Lipinski definition) is 1. The first-order valence-corrected chi connectivity index (χ1v) is 10.9. The van der Waals surface area contributed by atoms with E-state index in [1.54, 1.807) is 0 Å². The summed E-state index contributed by atoms with van der Waals surface area (Å²) in [7, 11) is -3.72. The quantitative estimate of drug-likeness (QED) is 0.728. The first-order chi connectivity index (χ1) is 13.3. The average Bonchev–Trinajstić information content (AvgIpc) is 2.69. The van der Waals surface area contributed by atoms with Crippen molar-refractivity contribution in [2.75, 3.05) is 18.4 Å². The minimum absolute atomic E-state index is 0.0329. The number of carboxylic acids is 1. The maximum absolute atomic E-state index is 13.0. The van der Waals surface area contributed by atoms with E-state index < -0.39 is 21.9 Å². The van der Waals surface area contributed by atoms with E-state index in [0.717, 1.165) is 19.3 Å². The van der Waals surface area contributed by atoms with Gasteiger partial charge in [0.05, 0.1) is 10.9 Å². The predicted molar refractivity (Wildman–Crippen MR) is 105 cm³/mol. The molecule has 28 heavy (non-hydrogen) atoms. The third-order valence-electron chi connectivity index (χ3n) is 4.48. The van der Waals surface area contributed by atoms with Crippen LogP contribution in [0.15, 0.2) is 51.8 Å². The Kier molecular flexibility index (Phi) is 6.17. The second kappa shape index (κ2) is 8.42. The second-order valence-electron chi connectivity index (χ2n) is 6.43. The van der Waals surface area contributed by atoms with Crippen molar-refractivity contribution in [3.8, 4) is 0 Å². The van der Waals surface area contributed by atoms with Crippen LogP contribution in [-0.2, 0) is 10.0 Å². The highest BCUT2D eigenvalue weighted by Crippen LogP contribution is 2.28. The van der Waals surface area contributed by atoms with Crippen LogP contribution in [0, 0.1) is 0 Å². The molecule has 1 aliphatic heterocycles. The number of piperidine rings is 1. The maximum atomic E-state index is 13.0. The van der Waals surface area contributed by atoms with Crippen molar-refractivity contribution in [2.24, 2.45) is 0 Å². The topological polar surface area (TPSA) is 107 Å². The number of nitrogens with zero attached hydrogens (tertiary/aromatic N) is 1. The Hall–Kier alpha value is -2.23. The van der Waals surface area contributed by atoms with Gasteiger partial charge in [0.25, 0.3) is 5.91 Å². The van der Waals surface area contributed by atoms with Crippen LogP contribution in [0.1, 0.15) is 40.0 Å². The molecule has 3 rings (SSSR count). The fraction of sp³-hybridized carbons (Fsp3) is 0.263. The van der Waals surface area contributed by atoms with Gasteiger partial charge in [0, 0.05) is 28.8 Å². The smallest absolute Gasteiger partial charge is 0.255 e. The molecule has 0 aromatic heterocycles. The van der Waals surface area contributed by atoms with Gasteiger partial charge >= 0.3 is 0 Å². The molecule has 7 nitrogen and oxygen atoms in total. The van der Waals surface area contributed by atoms with E-state index >= 15 is 0 Å². The number of anilines is 1. The highest BCUT2D eigenvalue weighted by Gasteiger charge is 2.28. The molecule has 1 aliphatic rings. The summed E-state index contributed by atoms with van der Waals surface area (Å²) < 4.78 is 27.7. The van der Waals surface area contributed by atoms with Gasteiger partial charge in [-0.2, -0.15) is 4.31 Å². The highest BCUT2D eigenvalue weighted by molar-refractivity contribution is 9.10. The van der Waals surface area contributed by atoms with Gasteiger partial charge in [-0.15, -0.1) is 0 Å². The monoisotopic (exact) mass is 465 g/mol. The minimum atomic E-state index is -3.72.